The van der Waals surface area contributed by atoms with Gasteiger partial charge in [-0.25, -0.2) is 0 Å². The van der Waals surface area contributed by atoms with Crippen LogP contribution in [0.25, 0.3) is 22.3 Å². The van der Waals surface area contributed by atoms with E-state index >= 15 is 0 Å². The normalized spacial score (nSPS) is 23.6. The molecule has 8 aromatic rings. The Hall–Kier alpha value is -6.90. The van der Waals surface area contributed by atoms with Gasteiger partial charge >= 0.3 is 0 Å². The smallest absolute Gasteiger partial charge is 0.0465 e. The van der Waals surface area contributed by atoms with Gasteiger partial charge in [0, 0.05) is 45.0 Å². The molecule has 0 heterocycles. The third-order valence-corrected chi connectivity index (χ3v) is 17.6. The fourth-order valence-electron chi connectivity index (χ4n) is 14.6. The van der Waals surface area contributed by atoms with Crippen LogP contribution in [0.5, 0.6) is 0 Å². The minimum Gasteiger partial charge on any atom is -0.311 e. The van der Waals surface area contributed by atoms with Crippen molar-refractivity contribution in [2.75, 3.05) is 9.80 Å². The monoisotopic (exact) mass is 894 g/mol. The van der Waals surface area contributed by atoms with Crippen molar-refractivity contribution in [2.24, 2.45) is 17.8 Å². The molecule has 0 radical (unpaired) electrons. The first-order chi connectivity index (χ1) is 33.9. The zero-order valence-electron chi connectivity index (χ0n) is 40.2. The fourth-order valence-corrected chi connectivity index (χ4v) is 14.6. The molecule has 1 unspecified atom stereocenters. The maximum atomic E-state index is 2.49. The number of hydrogen-bond acceptors (Lipinski definition) is 2. The van der Waals surface area contributed by atoms with Crippen molar-refractivity contribution in [1.29, 1.82) is 0 Å². The van der Waals surface area contributed by atoms with E-state index in [1.807, 2.05) is 0 Å². The Kier molecular flexibility index (Phi) is 10.2. The molecule has 6 aliphatic rings. The number of anilines is 6. The van der Waals surface area contributed by atoms with E-state index in [0.29, 0.717) is 5.41 Å². The molecule has 0 N–H and O–H groups in total. The molecule has 2 nitrogen and oxygen atoms in total. The van der Waals surface area contributed by atoms with Gasteiger partial charge in [0.25, 0.3) is 0 Å². The zero-order chi connectivity index (χ0) is 46.2. The average Bonchev–Trinajstić information content (AvgIpc) is 3.63. The molecule has 4 bridgehead atoms. The van der Waals surface area contributed by atoms with E-state index in [1.165, 1.54) is 106 Å². The first kappa shape index (κ1) is 42.2. The average molecular weight is 895 g/mol. The van der Waals surface area contributed by atoms with Crippen LogP contribution in [0.3, 0.4) is 0 Å². The van der Waals surface area contributed by atoms with Gasteiger partial charge in [-0.05, 0) is 204 Å². The van der Waals surface area contributed by atoms with Gasteiger partial charge in [0.1, 0.15) is 0 Å². The topological polar surface area (TPSA) is 6.48 Å². The summed E-state index contributed by atoms with van der Waals surface area (Å²) in [6.07, 6.45) is 16.5. The summed E-state index contributed by atoms with van der Waals surface area (Å²) in [4.78, 5) is 4.89. The van der Waals surface area contributed by atoms with Crippen molar-refractivity contribution in [1.82, 2.24) is 0 Å². The zero-order valence-corrected chi connectivity index (χ0v) is 40.2. The van der Waals surface area contributed by atoms with Gasteiger partial charge in [-0.15, -0.1) is 0 Å². The van der Waals surface area contributed by atoms with E-state index in [1.54, 1.807) is 5.56 Å². The molecule has 6 aliphatic carbocycles. The van der Waals surface area contributed by atoms with Crippen LogP contribution in [0.2, 0.25) is 0 Å². The maximum absolute atomic E-state index is 2.49. The fraction of sp³-hybridized carbons (Fsp3) is 0.254. The van der Waals surface area contributed by atoms with Crippen LogP contribution in [0.1, 0.15) is 99.5 Å². The van der Waals surface area contributed by atoms with Gasteiger partial charge in [0.2, 0.25) is 0 Å². The Balaban J connectivity index is 0.831. The predicted octanol–water partition coefficient (Wildman–Crippen LogP) is 18.1. The lowest BCUT2D eigenvalue weighted by molar-refractivity contribution is -0.00518. The summed E-state index contributed by atoms with van der Waals surface area (Å²) in [6.45, 7) is 4.78. The lowest BCUT2D eigenvalue weighted by Gasteiger charge is -2.57. The highest BCUT2D eigenvalue weighted by molar-refractivity contribution is 5.94. The first-order valence-corrected chi connectivity index (χ1v) is 25.9. The van der Waals surface area contributed by atoms with Crippen LogP contribution in [0.15, 0.2) is 212 Å². The lowest BCUT2D eigenvalue weighted by Crippen LogP contribution is -2.48. The lowest BCUT2D eigenvalue weighted by atomic mass is 9.48. The van der Waals surface area contributed by atoms with Gasteiger partial charge in [-0.1, -0.05) is 153 Å². The second-order valence-electron chi connectivity index (χ2n) is 21.9. The molecule has 0 aliphatic heterocycles. The van der Waals surface area contributed by atoms with E-state index in [0.717, 1.165) is 48.4 Å². The molecule has 69 heavy (non-hydrogen) atoms. The molecular formula is C67H62N2. The molecule has 340 valence electrons. The molecule has 14 rings (SSSR count). The largest absolute Gasteiger partial charge is 0.311 e. The van der Waals surface area contributed by atoms with Crippen LogP contribution in [-0.2, 0) is 16.2 Å². The summed E-state index contributed by atoms with van der Waals surface area (Å²) < 4.78 is 0. The Morgan fingerprint density at radius 3 is 1.41 bits per heavy atom. The quantitative estimate of drug-likeness (QED) is 0.126. The summed E-state index contributed by atoms with van der Waals surface area (Å²) in [6, 6.07) is 75.7. The molecular weight excluding hydrogens is 833 g/mol. The van der Waals surface area contributed by atoms with Crippen molar-refractivity contribution in [3.05, 3.63) is 240 Å². The van der Waals surface area contributed by atoms with Crippen LogP contribution in [-0.4, -0.2) is 0 Å². The van der Waals surface area contributed by atoms with E-state index in [9.17, 15) is 0 Å². The van der Waals surface area contributed by atoms with Gasteiger partial charge < -0.3 is 9.80 Å². The maximum Gasteiger partial charge on any atom is 0.0465 e. The van der Waals surface area contributed by atoms with Gasteiger partial charge in [0.05, 0.1) is 0 Å². The van der Waals surface area contributed by atoms with E-state index in [-0.39, 0.29) is 10.8 Å². The highest BCUT2D eigenvalue weighted by Gasteiger charge is 2.51. The molecule has 4 saturated carbocycles. The molecule has 0 aromatic heterocycles. The van der Waals surface area contributed by atoms with Crippen molar-refractivity contribution in [3.63, 3.8) is 0 Å². The Morgan fingerprint density at radius 2 is 0.884 bits per heavy atom. The number of benzene rings is 8. The standard InChI is InChI=1S/C67H62N2/c1-65(2)62-23-15-22-60(50-16-7-3-8-17-50)64(62)61-37-36-59(43-63(61)65)69(55-20-11-5-12-21-55)58-34-28-53(29-35-58)67(38-13-6-14-39-67)52-26-32-57(33-27-52)68(54-18-9-4-10-19-54)56-30-24-51(25-31-56)66-44-47-40-48(45-66)42-49(41-47)46-66/h3-13,15-37,43,47-49H,14,38-42,44-46H2,1-2H3. The highest BCUT2D eigenvalue weighted by atomic mass is 15.1. The van der Waals surface area contributed by atoms with Crippen LogP contribution in [0, 0.1) is 17.8 Å². The van der Waals surface area contributed by atoms with Crippen LogP contribution < -0.4 is 9.80 Å². The number of fused-ring (bicyclic) bond motifs is 3. The van der Waals surface area contributed by atoms with Crippen LogP contribution >= 0.6 is 0 Å². The molecule has 0 spiro atoms. The van der Waals surface area contributed by atoms with Crippen molar-refractivity contribution in [2.45, 2.75) is 87.9 Å². The van der Waals surface area contributed by atoms with Crippen molar-refractivity contribution >= 4 is 34.1 Å². The van der Waals surface area contributed by atoms with Gasteiger partial charge in [-0.2, -0.15) is 0 Å². The number of allylic oxidation sites excluding steroid dienone is 2. The summed E-state index contributed by atoms with van der Waals surface area (Å²) in [5.74, 6) is 2.83. The summed E-state index contributed by atoms with van der Waals surface area (Å²) >= 11 is 0. The highest BCUT2D eigenvalue weighted by Crippen LogP contribution is 2.61. The molecule has 2 heteroatoms. The summed E-state index contributed by atoms with van der Waals surface area (Å²) in [7, 11) is 0. The van der Waals surface area contributed by atoms with E-state index < -0.39 is 0 Å². The summed E-state index contributed by atoms with van der Waals surface area (Å²) in [5, 5.41) is 0. The number of hydrogen-bond donors (Lipinski definition) is 0. The molecule has 1 atom stereocenters. The van der Waals surface area contributed by atoms with Crippen molar-refractivity contribution in [3.8, 4) is 22.3 Å². The van der Waals surface area contributed by atoms with Gasteiger partial charge in [-0.3, -0.25) is 0 Å². The minimum absolute atomic E-state index is 0.125. The third-order valence-electron chi connectivity index (χ3n) is 17.6. The number of para-hydroxylation sites is 2. The van der Waals surface area contributed by atoms with E-state index in [4.69, 9.17) is 0 Å². The molecule has 0 amide bonds. The molecule has 4 fully saturated rings. The SMILES string of the molecule is CC1(C)c2cc(N(c3ccccc3)c3ccc(C4(c5ccc(N(c6ccccc6)c6ccc(C78CC9CC(CC(C9)C7)C8)cc6)cc5)CC=CCC4)cc3)ccc2-c2c(-c3ccccc3)cccc21. The van der Waals surface area contributed by atoms with Crippen LogP contribution in [0.4, 0.5) is 34.1 Å². The minimum atomic E-state index is -0.148. The first-order valence-electron chi connectivity index (χ1n) is 25.9. The van der Waals surface area contributed by atoms with Crippen molar-refractivity contribution < 1.29 is 0 Å². The number of rotatable bonds is 10. The Morgan fingerprint density at radius 1 is 0.406 bits per heavy atom. The molecule has 0 saturated heterocycles. The predicted molar refractivity (Wildman–Crippen MR) is 289 cm³/mol. The van der Waals surface area contributed by atoms with E-state index in [2.05, 4.69) is 236 Å². The molecule has 8 aromatic carbocycles. The Bertz CT molecular complexity index is 3130. The summed E-state index contributed by atoms with van der Waals surface area (Å²) in [5.41, 5.74) is 19.6. The number of nitrogens with zero attached hydrogens (tertiary/aromatic N) is 2. The second-order valence-corrected chi connectivity index (χ2v) is 21.9. The third kappa shape index (κ3) is 7.12. The Labute approximate surface area is 410 Å². The van der Waals surface area contributed by atoms with Gasteiger partial charge in [0.15, 0.2) is 0 Å². The second kappa shape index (κ2) is 16.7.